The number of rotatable bonds is 1. The largest absolute Gasteiger partial charge is 0.462 e. The monoisotopic (exact) mass is 293 g/mol. The third-order valence-corrected chi connectivity index (χ3v) is 4.81. The zero-order valence-corrected chi connectivity index (χ0v) is 12.2. The van der Waals surface area contributed by atoms with Gasteiger partial charge in [-0.3, -0.25) is 9.59 Å². The van der Waals surface area contributed by atoms with Crippen molar-refractivity contribution in [3.63, 3.8) is 0 Å². The fourth-order valence-corrected chi connectivity index (χ4v) is 3.71. The fraction of sp³-hybridized carbons (Fsp3) is 0.222. The Bertz CT molecular complexity index is 771. The number of likely N-dealkylation sites (N-methyl/N-ethyl adjacent to an activating group) is 1. The molecule has 1 fully saturated rings. The standard InChI is InChI=1S/C18H15NO3/c1-19-16(20)13-9-5-6-10-14(13)18(19)11-22-17(21)15(18)12-7-3-2-4-8-12/h2-10,15H,11H2,1H3. The lowest BCUT2D eigenvalue weighted by molar-refractivity contribution is -0.139. The molecule has 1 saturated heterocycles. The summed E-state index contributed by atoms with van der Waals surface area (Å²) in [6.45, 7) is 0.199. The van der Waals surface area contributed by atoms with Crippen LogP contribution >= 0.6 is 0 Å². The van der Waals surface area contributed by atoms with Crippen LogP contribution in [0.15, 0.2) is 54.6 Å². The van der Waals surface area contributed by atoms with Gasteiger partial charge in [0.1, 0.15) is 18.1 Å². The Kier molecular flexibility index (Phi) is 2.64. The zero-order valence-electron chi connectivity index (χ0n) is 12.2. The topological polar surface area (TPSA) is 46.6 Å². The molecule has 0 aromatic heterocycles. The van der Waals surface area contributed by atoms with Gasteiger partial charge < -0.3 is 9.64 Å². The first-order valence-corrected chi connectivity index (χ1v) is 7.25. The van der Waals surface area contributed by atoms with E-state index in [4.69, 9.17) is 4.74 Å². The smallest absolute Gasteiger partial charge is 0.316 e. The summed E-state index contributed by atoms with van der Waals surface area (Å²) in [4.78, 5) is 26.7. The van der Waals surface area contributed by atoms with Crippen molar-refractivity contribution < 1.29 is 14.3 Å². The molecule has 0 bridgehead atoms. The maximum Gasteiger partial charge on any atom is 0.316 e. The molecule has 2 atom stereocenters. The molecule has 1 amide bonds. The highest BCUT2D eigenvalue weighted by Gasteiger charge is 2.60. The minimum atomic E-state index is -0.744. The second kappa shape index (κ2) is 4.44. The molecule has 2 aromatic rings. The average molecular weight is 293 g/mol. The number of fused-ring (bicyclic) bond motifs is 2. The van der Waals surface area contributed by atoms with E-state index < -0.39 is 11.5 Å². The lowest BCUT2D eigenvalue weighted by Gasteiger charge is -2.35. The SMILES string of the molecule is CN1C(=O)c2ccccc2C12COC(=O)C2c1ccccc1. The van der Waals surface area contributed by atoms with Gasteiger partial charge in [0.05, 0.1) is 0 Å². The van der Waals surface area contributed by atoms with Crippen molar-refractivity contribution in [3.8, 4) is 0 Å². The first-order chi connectivity index (χ1) is 10.7. The van der Waals surface area contributed by atoms with E-state index in [0.29, 0.717) is 5.56 Å². The second-order valence-corrected chi connectivity index (χ2v) is 5.79. The molecule has 22 heavy (non-hydrogen) atoms. The van der Waals surface area contributed by atoms with Gasteiger partial charge in [0.15, 0.2) is 0 Å². The van der Waals surface area contributed by atoms with Crippen molar-refractivity contribution in [1.82, 2.24) is 4.90 Å². The molecule has 4 nitrogen and oxygen atoms in total. The molecule has 0 saturated carbocycles. The van der Waals surface area contributed by atoms with Gasteiger partial charge in [0.2, 0.25) is 0 Å². The number of ether oxygens (including phenoxy) is 1. The molecule has 4 rings (SSSR count). The molecule has 2 aliphatic rings. The summed E-state index contributed by atoms with van der Waals surface area (Å²) in [6.07, 6.45) is 0. The molecular weight excluding hydrogens is 278 g/mol. The highest BCUT2D eigenvalue weighted by atomic mass is 16.5. The van der Waals surface area contributed by atoms with E-state index in [-0.39, 0.29) is 18.5 Å². The molecule has 1 spiro atoms. The van der Waals surface area contributed by atoms with E-state index in [0.717, 1.165) is 11.1 Å². The average Bonchev–Trinajstić information content (AvgIpc) is 3.01. The Labute approximate surface area is 128 Å². The van der Waals surface area contributed by atoms with Crippen molar-refractivity contribution in [2.75, 3.05) is 13.7 Å². The van der Waals surface area contributed by atoms with E-state index in [1.807, 2.05) is 54.6 Å². The van der Waals surface area contributed by atoms with E-state index in [2.05, 4.69) is 0 Å². The number of amides is 1. The molecule has 110 valence electrons. The lowest BCUT2D eigenvalue weighted by Crippen LogP contribution is -2.46. The number of carbonyl (C=O) groups excluding carboxylic acids is 2. The Morgan fingerprint density at radius 1 is 1.05 bits per heavy atom. The fourth-order valence-electron chi connectivity index (χ4n) is 3.71. The van der Waals surface area contributed by atoms with E-state index in [9.17, 15) is 9.59 Å². The summed E-state index contributed by atoms with van der Waals surface area (Å²) >= 11 is 0. The third kappa shape index (κ3) is 1.47. The molecule has 0 aliphatic carbocycles. The van der Waals surface area contributed by atoms with Crippen LogP contribution in [0.3, 0.4) is 0 Å². The summed E-state index contributed by atoms with van der Waals surface area (Å²) in [5.41, 5.74) is 1.67. The van der Waals surface area contributed by atoms with E-state index in [1.54, 1.807) is 11.9 Å². The number of hydrogen-bond acceptors (Lipinski definition) is 3. The molecule has 2 unspecified atom stereocenters. The van der Waals surface area contributed by atoms with Crippen LogP contribution in [0.4, 0.5) is 0 Å². The molecular formula is C18H15NO3. The molecule has 0 N–H and O–H groups in total. The third-order valence-electron chi connectivity index (χ3n) is 4.81. The predicted octanol–water partition coefficient (Wildman–Crippen LogP) is 2.31. The number of hydrogen-bond donors (Lipinski definition) is 0. The van der Waals surface area contributed by atoms with Crippen LogP contribution in [-0.4, -0.2) is 30.4 Å². The van der Waals surface area contributed by atoms with Crippen LogP contribution < -0.4 is 0 Å². The van der Waals surface area contributed by atoms with Crippen LogP contribution in [0.25, 0.3) is 0 Å². The van der Waals surface area contributed by atoms with Crippen LogP contribution in [0, 0.1) is 0 Å². The molecule has 4 heteroatoms. The number of esters is 1. The summed E-state index contributed by atoms with van der Waals surface area (Å²) in [5, 5.41) is 0. The van der Waals surface area contributed by atoms with E-state index in [1.165, 1.54) is 0 Å². The minimum absolute atomic E-state index is 0.0603. The Morgan fingerprint density at radius 2 is 1.73 bits per heavy atom. The molecule has 2 aromatic carbocycles. The lowest BCUT2D eigenvalue weighted by atomic mass is 9.76. The Morgan fingerprint density at radius 3 is 2.50 bits per heavy atom. The van der Waals surface area contributed by atoms with Crippen LogP contribution in [-0.2, 0) is 15.1 Å². The van der Waals surface area contributed by atoms with Crippen molar-refractivity contribution in [2.24, 2.45) is 0 Å². The van der Waals surface area contributed by atoms with Gasteiger partial charge in [0.25, 0.3) is 5.91 Å². The maximum atomic E-state index is 12.6. The van der Waals surface area contributed by atoms with Crippen LogP contribution in [0.2, 0.25) is 0 Å². The zero-order chi connectivity index (χ0) is 15.3. The van der Waals surface area contributed by atoms with Crippen LogP contribution in [0.5, 0.6) is 0 Å². The number of benzene rings is 2. The first kappa shape index (κ1) is 13.1. The number of cyclic esters (lactones) is 1. The highest BCUT2D eigenvalue weighted by molar-refractivity contribution is 6.02. The first-order valence-electron chi connectivity index (χ1n) is 7.25. The summed E-state index contributed by atoms with van der Waals surface area (Å²) < 4.78 is 5.40. The van der Waals surface area contributed by atoms with Gasteiger partial charge in [-0.1, -0.05) is 48.5 Å². The van der Waals surface area contributed by atoms with Gasteiger partial charge in [-0.25, -0.2) is 0 Å². The van der Waals surface area contributed by atoms with Crippen molar-refractivity contribution in [2.45, 2.75) is 11.5 Å². The van der Waals surface area contributed by atoms with E-state index >= 15 is 0 Å². The van der Waals surface area contributed by atoms with Gasteiger partial charge in [-0.05, 0) is 17.2 Å². The molecule has 2 heterocycles. The maximum absolute atomic E-state index is 12.6. The van der Waals surface area contributed by atoms with Crippen molar-refractivity contribution >= 4 is 11.9 Å². The minimum Gasteiger partial charge on any atom is -0.462 e. The predicted molar refractivity (Wildman–Crippen MR) is 80.4 cm³/mol. The Balaban J connectivity index is 1.97. The quantitative estimate of drug-likeness (QED) is 0.758. The second-order valence-electron chi connectivity index (χ2n) is 5.79. The Hall–Kier alpha value is -2.62. The summed E-state index contributed by atoms with van der Waals surface area (Å²) in [5.74, 6) is -0.830. The van der Waals surface area contributed by atoms with Gasteiger partial charge in [0, 0.05) is 12.6 Å². The number of nitrogens with zero attached hydrogens (tertiary/aromatic N) is 1. The van der Waals surface area contributed by atoms with Crippen LogP contribution in [0.1, 0.15) is 27.4 Å². The molecule has 0 radical (unpaired) electrons. The van der Waals surface area contributed by atoms with Gasteiger partial charge in [-0.15, -0.1) is 0 Å². The molecule has 2 aliphatic heterocycles. The van der Waals surface area contributed by atoms with Crippen molar-refractivity contribution in [1.29, 1.82) is 0 Å². The number of carbonyl (C=O) groups is 2. The summed E-state index contributed by atoms with van der Waals surface area (Å²) in [6, 6.07) is 17.0. The van der Waals surface area contributed by atoms with Gasteiger partial charge in [-0.2, -0.15) is 0 Å². The van der Waals surface area contributed by atoms with Gasteiger partial charge >= 0.3 is 5.97 Å². The summed E-state index contributed by atoms with van der Waals surface area (Å²) in [7, 11) is 1.75. The highest BCUT2D eigenvalue weighted by Crippen LogP contribution is 2.51. The normalized spacial score (nSPS) is 26.4. The van der Waals surface area contributed by atoms with Crippen molar-refractivity contribution in [3.05, 3.63) is 71.3 Å².